The molecule has 31 heavy (non-hydrogen) atoms. The lowest BCUT2D eigenvalue weighted by Gasteiger charge is -2.30. The Kier molecular flexibility index (Phi) is 6.81. The maximum Gasteiger partial charge on any atom is 0.226 e. The summed E-state index contributed by atoms with van der Waals surface area (Å²) >= 11 is 1.70. The lowest BCUT2D eigenvalue weighted by atomic mass is 9.95. The Morgan fingerprint density at radius 2 is 2.03 bits per heavy atom. The highest BCUT2D eigenvalue weighted by Crippen LogP contribution is 2.35. The number of thiazole rings is 1. The van der Waals surface area contributed by atoms with Crippen LogP contribution in [0.25, 0.3) is 10.2 Å². The number of fused-ring (bicyclic) bond motifs is 1. The summed E-state index contributed by atoms with van der Waals surface area (Å²) in [4.78, 5) is 26.7. The van der Waals surface area contributed by atoms with Crippen molar-refractivity contribution in [3.63, 3.8) is 0 Å². The number of carbonyl (C=O) groups is 1. The summed E-state index contributed by atoms with van der Waals surface area (Å²) < 4.78 is 7.06. The van der Waals surface area contributed by atoms with Crippen molar-refractivity contribution >= 4 is 38.5 Å². The lowest BCUT2D eigenvalue weighted by molar-refractivity contribution is -0.118. The van der Waals surface area contributed by atoms with Gasteiger partial charge in [-0.2, -0.15) is 4.98 Å². The van der Waals surface area contributed by atoms with Crippen LogP contribution in [0, 0.1) is 0 Å². The van der Waals surface area contributed by atoms with E-state index in [0.29, 0.717) is 36.7 Å². The van der Waals surface area contributed by atoms with Crippen molar-refractivity contribution in [3.05, 3.63) is 30.5 Å². The SMILES string of the molecule is CC(=O)NCCNc1nccc(Oc2ccc3nc(N(C)C4CCCCC4)sc3c2)n1. The van der Waals surface area contributed by atoms with Crippen molar-refractivity contribution < 1.29 is 9.53 Å². The molecule has 3 aromatic rings. The highest BCUT2D eigenvalue weighted by atomic mass is 32.1. The van der Waals surface area contributed by atoms with Gasteiger partial charge in [-0.05, 0) is 25.0 Å². The Morgan fingerprint density at radius 1 is 1.19 bits per heavy atom. The highest BCUT2D eigenvalue weighted by molar-refractivity contribution is 7.22. The number of nitrogens with zero attached hydrogens (tertiary/aromatic N) is 4. The molecule has 0 spiro atoms. The Hall–Kier alpha value is -2.94. The minimum absolute atomic E-state index is 0.0636. The molecule has 2 N–H and O–H groups in total. The summed E-state index contributed by atoms with van der Waals surface area (Å²) in [6, 6.07) is 8.23. The van der Waals surface area contributed by atoms with Gasteiger partial charge in [-0.3, -0.25) is 4.79 Å². The first-order valence-electron chi connectivity index (χ1n) is 10.7. The second kappa shape index (κ2) is 9.91. The van der Waals surface area contributed by atoms with Gasteiger partial charge in [0.25, 0.3) is 0 Å². The molecule has 164 valence electrons. The first-order chi connectivity index (χ1) is 15.1. The van der Waals surface area contributed by atoms with Gasteiger partial charge in [0, 0.05) is 51.4 Å². The third-order valence-corrected chi connectivity index (χ3v) is 6.52. The van der Waals surface area contributed by atoms with Gasteiger partial charge < -0.3 is 20.3 Å². The van der Waals surface area contributed by atoms with E-state index in [1.54, 1.807) is 23.6 Å². The number of nitrogens with one attached hydrogen (secondary N) is 2. The number of amides is 1. The second-order valence-corrected chi connectivity index (χ2v) is 8.77. The second-order valence-electron chi connectivity index (χ2n) is 7.76. The van der Waals surface area contributed by atoms with Crippen molar-refractivity contribution in [2.24, 2.45) is 0 Å². The Bertz CT molecular complexity index is 1030. The first kappa shape index (κ1) is 21.3. The zero-order valence-corrected chi connectivity index (χ0v) is 18.7. The quantitative estimate of drug-likeness (QED) is 0.507. The minimum atomic E-state index is -0.0636. The van der Waals surface area contributed by atoms with E-state index < -0.39 is 0 Å². The van der Waals surface area contributed by atoms with E-state index in [1.807, 2.05) is 18.2 Å². The number of carbonyl (C=O) groups excluding carboxylic acids is 1. The Morgan fingerprint density at radius 3 is 2.84 bits per heavy atom. The van der Waals surface area contributed by atoms with Crippen LogP contribution in [0.5, 0.6) is 11.6 Å². The largest absolute Gasteiger partial charge is 0.439 e. The molecule has 0 radical (unpaired) electrons. The fraction of sp³-hybridized carbons (Fsp3) is 0.455. The molecule has 1 aromatic carbocycles. The number of hydrogen-bond donors (Lipinski definition) is 2. The van der Waals surface area contributed by atoms with Crippen LogP contribution in [0.3, 0.4) is 0 Å². The summed E-state index contributed by atoms with van der Waals surface area (Å²) in [5, 5.41) is 6.86. The molecule has 1 fully saturated rings. The van der Waals surface area contributed by atoms with Crippen LogP contribution in [0.1, 0.15) is 39.0 Å². The molecule has 1 amide bonds. The number of anilines is 2. The maximum absolute atomic E-state index is 10.9. The van der Waals surface area contributed by atoms with E-state index >= 15 is 0 Å². The minimum Gasteiger partial charge on any atom is -0.439 e. The average Bonchev–Trinajstić information content (AvgIpc) is 3.20. The molecule has 0 saturated heterocycles. The molecule has 9 heteroatoms. The molecule has 1 aliphatic carbocycles. The normalized spacial score (nSPS) is 14.4. The van der Waals surface area contributed by atoms with Gasteiger partial charge >= 0.3 is 0 Å². The molecule has 1 saturated carbocycles. The van der Waals surface area contributed by atoms with Crippen LogP contribution in [0.15, 0.2) is 30.5 Å². The van der Waals surface area contributed by atoms with Crippen LogP contribution < -0.4 is 20.3 Å². The van der Waals surface area contributed by atoms with Crippen molar-refractivity contribution in [3.8, 4) is 11.6 Å². The van der Waals surface area contributed by atoms with Crippen LogP contribution in [-0.2, 0) is 4.79 Å². The van der Waals surface area contributed by atoms with Crippen LogP contribution in [0.2, 0.25) is 0 Å². The van der Waals surface area contributed by atoms with Gasteiger partial charge in [-0.25, -0.2) is 9.97 Å². The number of hydrogen-bond acceptors (Lipinski definition) is 8. The molecule has 0 unspecified atom stereocenters. The fourth-order valence-electron chi connectivity index (χ4n) is 3.75. The standard InChI is InChI=1S/C22H28N6O2S/c1-15(29)23-12-13-25-21-24-11-10-20(27-21)30-17-8-9-18-19(14-17)31-22(26-18)28(2)16-6-4-3-5-7-16/h8-11,14,16H,3-7,12-13H2,1-2H3,(H,23,29)(H,24,25,27). The Labute approximate surface area is 186 Å². The lowest BCUT2D eigenvalue weighted by Crippen LogP contribution is -2.33. The van der Waals surface area contributed by atoms with Crippen molar-refractivity contribution in [2.75, 3.05) is 30.4 Å². The van der Waals surface area contributed by atoms with Gasteiger partial charge in [0.2, 0.25) is 17.7 Å². The zero-order chi connectivity index (χ0) is 21.6. The van der Waals surface area contributed by atoms with E-state index in [9.17, 15) is 4.79 Å². The fourth-order valence-corrected chi connectivity index (χ4v) is 4.78. The number of rotatable bonds is 8. The zero-order valence-electron chi connectivity index (χ0n) is 17.9. The molecule has 0 atom stereocenters. The monoisotopic (exact) mass is 440 g/mol. The topological polar surface area (TPSA) is 92.3 Å². The summed E-state index contributed by atoms with van der Waals surface area (Å²) in [7, 11) is 2.16. The van der Waals surface area contributed by atoms with Gasteiger partial charge in [0.1, 0.15) is 5.75 Å². The molecule has 4 rings (SSSR count). The van der Waals surface area contributed by atoms with Crippen LogP contribution in [-0.4, -0.2) is 47.0 Å². The molecule has 0 aliphatic heterocycles. The molecular weight excluding hydrogens is 412 g/mol. The van der Waals surface area contributed by atoms with E-state index in [1.165, 1.54) is 39.0 Å². The smallest absolute Gasteiger partial charge is 0.226 e. The van der Waals surface area contributed by atoms with E-state index in [2.05, 4.69) is 32.5 Å². The van der Waals surface area contributed by atoms with Crippen molar-refractivity contribution in [1.82, 2.24) is 20.3 Å². The van der Waals surface area contributed by atoms with Crippen molar-refractivity contribution in [2.45, 2.75) is 45.1 Å². The summed E-state index contributed by atoms with van der Waals surface area (Å²) in [5.41, 5.74) is 0.984. The number of aromatic nitrogens is 3. The molecule has 8 nitrogen and oxygen atoms in total. The summed E-state index contributed by atoms with van der Waals surface area (Å²) in [5.74, 6) is 1.57. The Balaban J connectivity index is 1.42. The van der Waals surface area contributed by atoms with E-state index in [0.717, 1.165) is 15.3 Å². The predicted molar refractivity (Wildman–Crippen MR) is 124 cm³/mol. The molecule has 0 bridgehead atoms. The highest BCUT2D eigenvalue weighted by Gasteiger charge is 2.21. The predicted octanol–water partition coefficient (Wildman–Crippen LogP) is 4.20. The molecular formula is C22H28N6O2S. The average molecular weight is 441 g/mol. The number of benzene rings is 1. The third-order valence-electron chi connectivity index (χ3n) is 5.41. The molecule has 2 aromatic heterocycles. The van der Waals surface area contributed by atoms with Gasteiger partial charge in [0.15, 0.2) is 5.13 Å². The van der Waals surface area contributed by atoms with E-state index in [-0.39, 0.29) is 5.91 Å². The van der Waals surface area contributed by atoms with Gasteiger partial charge in [-0.1, -0.05) is 30.6 Å². The van der Waals surface area contributed by atoms with Crippen LogP contribution in [0.4, 0.5) is 11.1 Å². The molecule has 2 heterocycles. The van der Waals surface area contributed by atoms with Gasteiger partial charge in [-0.15, -0.1) is 0 Å². The summed E-state index contributed by atoms with van der Waals surface area (Å²) in [6.45, 7) is 2.53. The van der Waals surface area contributed by atoms with E-state index in [4.69, 9.17) is 9.72 Å². The molecule has 1 aliphatic rings. The third kappa shape index (κ3) is 5.61. The van der Waals surface area contributed by atoms with Crippen molar-refractivity contribution in [1.29, 1.82) is 0 Å². The van der Waals surface area contributed by atoms with Crippen LogP contribution >= 0.6 is 11.3 Å². The maximum atomic E-state index is 10.9. The first-order valence-corrected chi connectivity index (χ1v) is 11.5. The number of ether oxygens (including phenoxy) is 1. The van der Waals surface area contributed by atoms with Gasteiger partial charge in [0.05, 0.1) is 10.2 Å². The summed E-state index contributed by atoms with van der Waals surface area (Å²) in [6.07, 6.45) is 8.10.